The van der Waals surface area contributed by atoms with Crippen LogP contribution in [0.4, 0.5) is 13.2 Å². The second-order valence-electron chi connectivity index (χ2n) is 6.73. The van der Waals surface area contributed by atoms with Gasteiger partial charge < -0.3 is 9.88 Å². The van der Waals surface area contributed by atoms with E-state index in [2.05, 4.69) is 24.1 Å². The average molecular weight is 399 g/mol. The predicted molar refractivity (Wildman–Crippen MR) is 102 cm³/mol. The van der Waals surface area contributed by atoms with Gasteiger partial charge in [0.25, 0.3) is 0 Å². The molecule has 4 nitrogen and oxygen atoms in total. The van der Waals surface area contributed by atoms with Crippen LogP contribution in [0.25, 0.3) is 11.3 Å². The lowest BCUT2D eigenvalue weighted by atomic mass is 10.1. The third-order valence-electron chi connectivity index (χ3n) is 3.90. The zero-order chi connectivity index (χ0) is 20.0. The lowest BCUT2D eigenvalue weighted by Gasteiger charge is -2.16. The zero-order valence-corrected chi connectivity index (χ0v) is 16.4. The standard InChI is InChI=1S/C19H24F3N3OS/c1-13(2)9-10-23-17(26)14(3)27-18-24-11-16(15-7-5-4-6-8-15)25(18)12-19(20,21)22/h4-8,11,13-14H,9-10,12H2,1-3H3,(H,23,26). The van der Waals surface area contributed by atoms with Crippen molar-refractivity contribution in [3.63, 3.8) is 0 Å². The number of benzene rings is 1. The minimum absolute atomic E-state index is 0.178. The highest BCUT2D eigenvalue weighted by molar-refractivity contribution is 8.00. The van der Waals surface area contributed by atoms with Gasteiger partial charge in [0, 0.05) is 6.54 Å². The maximum Gasteiger partial charge on any atom is 0.406 e. The quantitative estimate of drug-likeness (QED) is 0.652. The summed E-state index contributed by atoms with van der Waals surface area (Å²) in [6, 6.07) is 8.80. The lowest BCUT2D eigenvalue weighted by Crippen LogP contribution is -2.32. The molecular formula is C19H24F3N3OS. The first-order valence-corrected chi connectivity index (χ1v) is 9.67. The number of aromatic nitrogens is 2. The molecule has 1 unspecified atom stereocenters. The van der Waals surface area contributed by atoms with E-state index in [9.17, 15) is 18.0 Å². The molecule has 148 valence electrons. The molecule has 2 rings (SSSR count). The third kappa shape index (κ3) is 6.61. The van der Waals surface area contributed by atoms with Gasteiger partial charge in [-0.1, -0.05) is 55.9 Å². The van der Waals surface area contributed by atoms with Crippen molar-refractivity contribution >= 4 is 17.7 Å². The van der Waals surface area contributed by atoms with Gasteiger partial charge in [0.1, 0.15) is 6.54 Å². The maximum atomic E-state index is 13.1. The predicted octanol–water partition coefficient (Wildman–Crippen LogP) is 4.76. The van der Waals surface area contributed by atoms with Crippen LogP contribution >= 0.6 is 11.8 Å². The molecule has 0 saturated carbocycles. The van der Waals surface area contributed by atoms with Crippen LogP contribution in [0.3, 0.4) is 0 Å². The fourth-order valence-corrected chi connectivity index (χ4v) is 3.37. The van der Waals surface area contributed by atoms with Crippen molar-refractivity contribution < 1.29 is 18.0 Å². The SMILES string of the molecule is CC(C)CCNC(=O)C(C)Sc1ncc(-c2ccccc2)n1CC(F)(F)F. The van der Waals surface area contributed by atoms with E-state index >= 15 is 0 Å². The van der Waals surface area contributed by atoms with Crippen molar-refractivity contribution in [2.24, 2.45) is 5.92 Å². The number of thioether (sulfide) groups is 1. The molecular weight excluding hydrogens is 375 g/mol. The molecule has 0 fully saturated rings. The van der Waals surface area contributed by atoms with E-state index in [4.69, 9.17) is 0 Å². The summed E-state index contributed by atoms with van der Waals surface area (Å²) in [4.78, 5) is 16.4. The van der Waals surface area contributed by atoms with Crippen LogP contribution in [0.5, 0.6) is 0 Å². The first-order chi connectivity index (χ1) is 12.7. The molecule has 0 bridgehead atoms. The van der Waals surface area contributed by atoms with Crippen LogP contribution < -0.4 is 5.32 Å². The van der Waals surface area contributed by atoms with Gasteiger partial charge >= 0.3 is 6.18 Å². The number of hydrogen-bond donors (Lipinski definition) is 1. The zero-order valence-electron chi connectivity index (χ0n) is 15.6. The number of nitrogens with zero attached hydrogens (tertiary/aromatic N) is 2. The highest BCUT2D eigenvalue weighted by Crippen LogP contribution is 2.31. The average Bonchev–Trinajstić information content (AvgIpc) is 2.95. The minimum atomic E-state index is -4.39. The van der Waals surface area contributed by atoms with E-state index in [-0.39, 0.29) is 11.1 Å². The van der Waals surface area contributed by atoms with Crippen LogP contribution in [0.2, 0.25) is 0 Å². The smallest absolute Gasteiger partial charge is 0.355 e. The molecule has 8 heteroatoms. The summed E-state index contributed by atoms with van der Waals surface area (Å²) < 4.78 is 40.4. The Hall–Kier alpha value is -1.96. The molecule has 1 amide bonds. The van der Waals surface area contributed by atoms with Crippen LogP contribution in [0.15, 0.2) is 41.7 Å². The number of carbonyl (C=O) groups is 1. The number of hydrogen-bond acceptors (Lipinski definition) is 3. The van der Waals surface area contributed by atoms with Crippen LogP contribution in [0, 0.1) is 5.92 Å². The lowest BCUT2D eigenvalue weighted by molar-refractivity contribution is -0.141. The van der Waals surface area contributed by atoms with E-state index < -0.39 is 18.0 Å². The van der Waals surface area contributed by atoms with Gasteiger partial charge in [-0.05, 0) is 24.8 Å². The van der Waals surface area contributed by atoms with E-state index in [1.54, 1.807) is 37.3 Å². The van der Waals surface area contributed by atoms with Crippen molar-refractivity contribution in [2.75, 3.05) is 6.54 Å². The summed E-state index contributed by atoms with van der Waals surface area (Å²) in [6.45, 7) is 5.19. The maximum absolute atomic E-state index is 13.1. The van der Waals surface area contributed by atoms with E-state index in [0.717, 1.165) is 22.7 Å². The number of imidazole rings is 1. The van der Waals surface area contributed by atoms with Gasteiger partial charge in [-0.25, -0.2) is 4.98 Å². The second kappa shape index (κ2) is 9.30. The molecule has 0 radical (unpaired) electrons. The summed E-state index contributed by atoms with van der Waals surface area (Å²) in [5.41, 5.74) is 1.03. The Kier molecular flexibility index (Phi) is 7.35. The monoisotopic (exact) mass is 399 g/mol. The van der Waals surface area contributed by atoms with Crippen molar-refractivity contribution in [1.82, 2.24) is 14.9 Å². The number of amides is 1. The number of rotatable bonds is 8. The van der Waals surface area contributed by atoms with Gasteiger partial charge in [-0.3, -0.25) is 4.79 Å². The Labute approximate surface area is 161 Å². The fourth-order valence-electron chi connectivity index (χ4n) is 2.46. The van der Waals surface area contributed by atoms with Crippen LogP contribution in [-0.4, -0.2) is 33.4 Å². The Morgan fingerprint density at radius 1 is 1.22 bits per heavy atom. The molecule has 27 heavy (non-hydrogen) atoms. The summed E-state index contributed by atoms with van der Waals surface area (Å²) in [7, 11) is 0. The highest BCUT2D eigenvalue weighted by Gasteiger charge is 2.31. The first kappa shape index (κ1) is 21.3. The molecule has 0 spiro atoms. The van der Waals surface area contributed by atoms with E-state index in [1.165, 1.54) is 6.20 Å². The number of halogens is 3. The summed E-state index contributed by atoms with van der Waals surface area (Å²) in [6.07, 6.45) is -2.11. The Bertz CT molecular complexity index is 744. The van der Waals surface area contributed by atoms with Gasteiger partial charge in [0.05, 0.1) is 17.1 Å². The Morgan fingerprint density at radius 3 is 2.48 bits per heavy atom. The fraction of sp³-hybridized carbons (Fsp3) is 0.474. The van der Waals surface area contributed by atoms with E-state index in [1.807, 2.05) is 0 Å². The first-order valence-electron chi connectivity index (χ1n) is 8.79. The third-order valence-corrected chi connectivity index (χ3v) is 5.00. The molecule has 1 N–H and O–H groups in total. The molecule has 0 aliphatic carbocycles. The molecule has 2 aromatic rings. The number of alkyl halides is 3. The largest absolute Gasteiger partial charge is 0.406 e. The van der Waals surface area contributed by atoms with Gasteiger partial charge in [0.15, 0.2) is 5.16 Å². The van der Waals surface area contributed by atoms with Gasteiger partial charge in [-0.2, -0.15) is 13.2 Å². The van der Waals surface area contributed by atoms with Gasteiger partial charge in [0.2, 0.25) is 5.91 Å². The minimum Gasteiger partial charge on any atom is -0.355 e. The van der Waals surface area contributed by atoms with Crippen molar-refractivity contribution in [3.05, 3.63) is 36.5 Å². The summed E-state index contributed by atoms with van der Waals surface area (Å²) in [5.74, 6) is 0.260. The van der Waals surface area contributed by atoms with Crippen LogP contribution in [-0.2, 0) is 11.3 Å². The van der Waals surface area contributed by atoms with Gasteiger partial charge in [-0.15, -0.1) is 0 Å². The molecule has 0 aliphatic rings. The van der Waals surface area contributed by atoms with Crippen molar-refractivity contribution in [1.29, 1.82) is 0 Å². The molecule has 1 heterocycles. The summed E-state index contributed by atoms with van der Waals surface area (Å²) >= 11 is 1.03. The molecule has 0 aliphatic heterocycles. The molecule has 0 saturated heterocycles. The number of carbonyl (C=O) groups excluding carboxylic acids is 1. The van der Waals surface area contributed by atoms with Crippen molar-refractivity contribution in [3.8, 4) is 11.3 Å². The van der Waals surface area contributed by atoms with Crippen molar-refractivity contribution in [2.45, 2.75) is 50.3 Å². The Morgan fingerprint density at radius 2 is 1.89 bits per heavy atom. The van der Waals surface area contributed by atoms with Crippen LogP contribution in [0.1, 0.15) is 27.2 Å². The molecule has 1 aromatic heterocycles. The molecule has 1 aromatic carbocycles. The summed E-state index contributed by atoms with van der Waals surface area (Å²) in [5, 5.41) is 2.45. The highest BCUT2D eigenvalue weighted by atomic mass is 32.2. The normalized spacial score (nSPS) is 13.0. The number of nitrogens with one attached hydrogen (secondary N) is 1. The Balaban J connectivity index is 2.18. The second-order valence-corrected chi connectivity index (χ2v) is 8.03. The van der Waals surface area contributed by atoms with E-state index in [0.29, 0.717) is 23.7 Å². The molecule has 1 atom stereocenters. The topological polar surface area (TPSA) is 46.9 Å².